The number of carbonyl (C=O) groups excluding carboxylic acids is 1. The number of hydrogen-bond donors (Lipinski definition) is 3. The van der Waals surface area contributed by atoms with E-state index in [0.717, 1.165) is 11.1 Å². The average Bonchev–Trinajstić information content (AvgIpc) is 2.20. The predicted octanol–water partition coefficient (Wildman–Crippen LogP) is 2.51. The fraction of sp³-hybridized carbons (Fsp3) is 0.429. The monoisotopic (exact) mass is 262 g/mol. The molecule has 0 aromatic heterocycles. The highest BCUT2D eigenvalue weighted by Crippen LogP contribution is 2.24. The highest BCUT2D eigenvalue weighted by Gasteiger charge is 2.25. The van der Waals surface area contributed by atoms with Crippen LogP contribution < -0.4 is 16.0 Å². The molecular weight excluding hydrogens is 240 g/mol. The Morgan fingerprint density at radius 3 is 2.11 bits per heavy atom. The van der Waals surface area contributed by atoms with Crippen molar-refractivity contribution in [2.75, 3.05) is 4.90 Å². The number of guanidine groups is 1. The van der Waals surface area contributed by atoms with Crippen LogP contribution in [0.2, 0.25) is 0 Å². The lowest BCUT2D eigenvalue weighted by molar-refractivity contribution is 0.240. The largest absolute Gasteiger partial charge is 0.369 e. The zero-order chi connectivity index (χ0) is 14.8. The third-order valence-electron chi connectivity index (χ3n) is 2.59. The highest BCUT2D eigenvalue weighted by atomic mass is 16.2. The minimum Gasteiger partial charge on any atom is -0.369 e. The summed E-state index contributed by atoms with van der Waals surface area (Å²) in [6, 6.07) is 5.30. The number of carbonyl (C=O) groups is 1. The van der Waals surface area contributed by atoms with Crippen LogP contribution in [0.3, 0.4) is 0 Å². The second kappa shape index (κ2) is 5.30. The van der Waals surface area contributed by atoms with Gasteiger partial charge in [-0.1, -0.05) is 18.2 Å². The van der Waals surface area contributed by atoms with E-state index in [4.69, 9.17) is 11.1 Å². The number of nitrogens with one attached hydrogen (secondary N) is 2. The second-order valence-electron chi connectivity index (χ2n) is 5.64. The van der Waals surface area contributed by atoms with Crippen LogP contribution in [0.4, 0.5) is 10.5 Å². The number of nitrogens with zero attached hydrogens (tertiary/aromatic N) is 1. The highest BCUT2D eigenvalue weighted by molar-refractivity contribution is 6.14. The molecule has 0 spiro atoms. The van der Waals surface area contributed by atoms with E-state index < -0.39 is 6.03 Å². The summed E-state index contributed by atoms with van der Waals surface area (Å²) in [5, 5.41) is 10.5. The lowest BCUT2D eigenvalue weighted by Crippen LogP contribution is -2.53. The maximum atomic E-state index is 12.3. The first kappa shape index (κ1) is 15.0. The number of aryl methyl sites for hydroxylation is 2. The zero-order valence-corrected chi connectivity index (χ0v) is 12.2. The zero-order valence-electron chi connectivity index (χ0n) is 12.2. The molecule has 104 valence electrons. The van der Waals surface area contributed by atoms with Gasteiger partial charge in [0, 0.05) is 5.54 Å². The van der Waals surface area contributed by atoms with E-state index in [1.807, 2.05) is 52.8 Å². The van der Waals surface area contributed by atoms with Gasteiger partial charge in [-0.2, -0.15) is 0 Å². The average molecular weight is 262 g/mol. The van der Waals surface area contributed by atoms with E-state index in [1.54, 1.807) is 0 Å². The molecule has 5 heteroatoms. The van der Waals surface area contributed by atoms with Crippen molar-refractivity contribution in [3.8, 4) is 0 Å². The molecule has 0 radical (unpaired) electrons. The number of rotatable bonds is 1. The summed E-state index contributed by atoms with van der Waals surface area (Å²) in [6.07, 6.45) is 0. The van der Waals surface area contributed by atoms with Crippen molar-refractivity contribution in [1.82, 2.24) is 5.32 Å². The first-order valence-electron chi connectivity index (χ1n) is 6.16. The van der Waals surface area contributed by atoms with E-state index in [9.17, 15) is 4.79 Å². The van der Waals surface area contributed by atoms with Gasteiger partial charge in [-0.25, -0.2) is 9.69 Å². The number of hydrogen-bond acceptors (Lipinski definition) is 2. The molecular formula is C14H22N4O. The Bertz CT molecular complexity index is 482. The molecule has 0 heterocycles. The van der Waals surface area contributed by atoms with Crippen molar-refractivity contribution in [1.29, 1.82) is 5.41 Å². The Kier molecular flexibility index (Phi) is 4.19. The van der Waals surface area contributed by atoms with Gasteiger partial charge in [0.1, 0.15) is 0 Å². The van der Waals surface area contributed by atoms with Crippen LogP contribution in [0.1, 0.15) is 31.9 Å². The van der Waals surface area contributed by atoms with Crippen LogP contribution in [0.25, 0.3) is 0 Å². The molecule has 0 aliphatic heterocycles. The van der Waals surface area contributed by atoms with Gasteiger partial charge >= 0.3 is 6.03 Å². The Hall–Kier alpha value is -2.04. The molecule has 5 nitrogen and oxygen atoms in total. The maximum Gasteiger partial charge on any atom is 0.329 e. The lowest BCUT2D eigenvalue weighted by Gasteiger charge is -2.29. The molecule has 0 saturated heterocycles. The third kappa shape index (κ3) is 3.71. The SMILES string of the molecule is Cc1cccc(C)c1N(C(=N)N)C(=O)NC(C)(C)C. The molecule has 4 N–H and O–H groups in total. The number of para-hydroxylation sites is 1. The first-order chi connectivity index (χ1) is 8.63. The first-order valence-corrected chi connectivity index (χ1v) is 6.16. The summed E-state index contributed by atoms with van der Waals surface area (Å²) in [7, 11) is 0. The van der Waals surface area contributed by atoms with Crippen molar-refractivity contribution in [2.24, 2.45) is 5.73 Å². The molecule has 1 rings (SSSR count). The van der Waals surface area contributed by atoms with Crippen LogP contribution >= 0.6 is 0 Å². The van der Waals surface area contributed by atoms with Crippen LogP contribution in [0.15, 0.2) is 18.2 Å². The summed E-state index contributed by atoms with van der Waals surface area (Å²) in [4.78, 5) is 13.5. The molecule has 1 aromatic rings. The van der Waals surface area contributed by atoms with Crippen LogP contribution in [0.5, 0.6) is 0 Å². The van der Waals surface area contributed by atoms with Gasteiger partial charge in [0.25, 0.3) is 0 Å². The van der Waals surface area contributed by atoms with Crippen molar-refractivity contribution in [2.45, 2.75) is 40.2 Å². The number of anilines is 1. The number of urea groups is 1. The summed E-state index contributed by atoms with van der Waals surface area (Å²) in [5.74, 6) is -0.292. The molecule has 1 aromatic carbocycles. The second-order valence-corrected chi connectivity index (χ2v) is 5.64. The fourth-order valence-corrected chi connectivity index (χ4v) is 1.87. The molecule has 0 unspecified atom stereocenters. The summed E-state index contributed by atoms with van der Waals surface area (Å²) in [5.41, 5.74) is 7.65. The molecule has 2 amide bonds. The van der Waals surface area contributed by atoms with Gasteiger partial charge in [-0.05, 0) is 45.7 Å². The van der Waals surface area contributed by atoms with Crippen molar-refractivity contribution < 1.29 is 4.79 Å². The minimum atomic E-state index is -0.391. The van der Waals surface area contributed by atoms with Gasteiger partial charge in [0.05, 0.1) is 5.69 Å². The third-order valence-corrected chi connectivity index (χ3v) is 2.59. The molecule has 0 aliphatic carbocycles. The van der Waals surface area contributed by atoms with Gasteiger partial charge in [-0.15, -0.1) is 0 Å². The molecule has 19 heavy (non-hydrogen) atoms. The number of benzene rings is 1. The summed E-state index contributed by atoms with van der Waals surface area (Å²) in [6.45, 7) is 9.43. The van der Waals surface area contributed by atoms with Crippen molar-refractivity contribution in [3.05, 3.63) is 29.3 Å². The van der Waals surface area contributed by atoms with Crippen LogP contribution in [-0.2, 0) is 0 Å². The van der Waals surface area contributed by atoms with Crippen molar-refractivity contribution in [3.63, 3.8) is 0 Å². The Morgan fingerprint density at radius 2 is 1.74 bits per heavy atom. The normalized spacial score (nSPS) is 11.0. The minimum absolute atomic E-state index is 0.292. The standard InChI is InChI=1S/C14H22N4O/c1-9-7-6-8-10(2)11(9)18(12(15)16)13(19)17-14(3,4)5/h6-8H,1-5H3,(H3,15,16)(H,17,19). The number of nitrogens with two attached hydrogens (primary N) is 1. The maximum absolute atomic E-state index is 12.3. The molecule has 0 fully saturated rings. The van der Waals surface area contributed by atoms with E-state index in [-0.39, 0.29) is 11.5 Å². The van der Waals surface area contributed by atoms with Gasteiger partial charge < -0.3 is 11.1 Å². The molecule has 0 bridgehead atoms. The topological polar surface area (TPSA) is 82.2 Å². The van der Waals surface area contributed by atoms with Gasteiger partial charge in [-0.3, -0.25) is 5.41 Å². The smallest absolute Gasteiger partial charge is 0.329 e. The van der Waals surface area contributed by atoms with E-state index in [2.05, 4.69) is 5.32 Å². The van der Waals surface area contributed by atoms with E-state index >= 15 is 0 Å². The Labute approximate surface area is 114 Å². The van der Waals surface area contributed by atoms with Gasteiger partial charge in [0.2, 0.25) is 5.96 Å². The quantitative estimate of drug-likeness (QED) is 0.537. The number of amides is 2. The van der Waals surface area contributed by atoms with E-state index in [0.29, 0.717) is 5.69 Å². The molecule has 0 atom stereocenters. The van der Waals surface area contributed by atoms with Gasteiger partial charge in [0.15, 0.2) is 0 Å². The van der Waals surface area contributed by atoms with Crippen LogP contribution in [-0.4, -0.2) is 17.5 Å². The summed E-state index contributed by atoms with van der Waals surface area (Å²) < 4.78 is 0. The summed E-state index contributed by atoms with van der Waals surface area (Å²) >= 11 is 0. The molecule has 0 saturated carbocycles. The van der Waals surface area contributed by atoms with E-state index in [1.165, 1.54) is 4.90 Å². The molecule has 0 aliphatic rings. The van der Waals surface area contributed by atoms with Crippen molar-refractivity contribution >= 4 is 17.7 Å². The lowest BCUT2D eigenvalue weighted by atomic mass is 10.1. The van der Waals surface area contributed by atoms with Crippen LogP contribution in [0, 0.1) is 19.3 Å². The Morgan fingerprint density at radius 1 is 1.26 bits per heavy atom. The fourth-order valence-electron chi connectivity index (χ4n) is 1.87. The Balaban J connectivity index is 3.22. The predicted molar refractivity (Wildman–Crippen MR) is 78.6 cm³/mol.